The Hall–Kier alpha value is -3.61. The van der Waals surface area contributed by atoms with Gasteiger partial charge in [0.1, 0.15) is 0 Å². The van der Waals surface area contributed by atoms with Crippen molar-refractivity contribution in [3.05, 3.63) is 48.6 Å². The predicted octanol–water partition coefficient (Wildman–Crippen LogP) is 4.03. The number of ketones is 1. The van der Waals surface area contributed by atoms with Crippen LogP contribution < -0.4 is 28.4 Å². The Bertz CT molecular complexity index is 848. The Kier molecular flexibility index (Phi) is 7.36. The van der Waals surface area contributed by atoms with Crippen LogP contribution in [0, 0.1) is 0 Å². The van der Waals surface area contributed by atoms with Gasteiger partial charge in [-0.15, -0.1) is 0 Å². The number of carbonyl (C=O) groups is 1. The molecule has 0 saturated heterocycles. The monoisotopic (exact) mass is 414 g/mol. The lowest BCUT2D eigenvalue weighted by Crippen LogP contribution is -2.06. The fourth-order valence-corrected chi connectivity index (χ4v) is 2.95. The van der Waals surface area contributed by atoms with Crippen LogP contribution in [0.25, 0.3) is 11.1 Å². The molecular formula is C23H26O7. The highest BCUT2D eigenvalue weighted by Gasteiger charge is 2.22. The maximum absolute atomic E-state index is 13.1. The van der Waals surface area contributed by atoms with E-state index in [0.717, 1.165) is 0 Å². The van der Waals surface area contributed by atoms with Gasteiger partial charge in [0.05, 0.1) is 42.7 Å². The van der Waals surface area contributed by atoms with E-state index in [1.165, 1.54) is 42.7 Å². The molecular weight excluding hydrogens is 388 g/mol. The predicted molar refractivity (Wildman–Crippen MR) is 115 cm³/mol. The Balaban J connectivity index is 2.46. The summed E-state index contributed by atoms with van der Waals surface area (Å²) in [5, 5.41) is 0. The summed E-state index contributed by atoms with van der Waals surface area (Å²) in [6.45, 7) is 7.89. The normalized spacial score (nSPS) is 10.1. The van der Waals surface area contributed by atoms with E-state index in [4.69, 9.17) is 28.4 Å². The largest absolute Gasteiger partial charge is 0.493 e. The van der Waals surface area contributed by atoms with Gasteiger partial charge in [-0.3, -0.25) is 4.79 Å². The molecule has 7 heteroatoms. The molecule has 0 aromatic heterocycles. The minimum absolute atomic E-state index is 0.216. The zero-order valence-electron chi connectivity index (χ0n) is 18.1. The van der Waals surface area contributed by atoms with Crippen molar-refractivity contribution < 1.29 is 33.2 Å². The van der Waals surface area contributed by atoms with E-state index < -0.39 is 0 Å². The smallest absolute Gasteiger partial charge is 0.203 e. The van der Waals surface area contributed by atoms with Crippen LogP contribution >= 0.6 is 0 Å². The molecule has 0 saturated carbocycles. The lowest BCUT2D eigenvalue weighted by Gasteiger charge is -2.17. The van der Waals surface area contributed by atoms with Crippen LogP contribution in [-0.4, -0.2) is 48.4 Å². The minimum atomic E-state index is -0.362. The van der Waals surface area contributed by atoms with Crippen molar-refractivity contribution in [1.29, 1.82) is 0 Å². The van der Waals surface area contributed by atoms with E-state index >= 15 is 0 Å². The molecule has 160 valence electrons. The molecule has 2 aromatic carbocycles. The summed E-state index contributed by atoms with van der Waals surface area (Å²) in [4.78, 5) is 13.1. The first kappa shape index (κ1) is 22.7. The third-order valence-electron chi connectivity index (χ3n) is 4.57. The molecule has 2 rings (SSSR count). The molecule has 30 heavy (non-hydrogen) atoms. The van der Waals surface area contributed by atoms with Crippen molar-refractivity contribution in [1.82, 2.24) is 0 Å². The second-order valence-corrected chi connectivity index (χ2v) is 6.11. The zero-order valence-corrected chi connectivity index (χ0v) is 18.1. The Morgan fingerprint density at radius 2 is 0.833 bits per heavy atom. The molecule has 0 unspecified atom stereocenters. The topological polar surface area (TPSA) is 72.5 Å². The molecule has 0 heterocycles. The molecule has 0 aliphatic heterocycles. The summed E-state index contributed by atoms with van der Waals surface area (Å²) in [7, 11) is 9.01. The van der Waals surface area contributed by atoms with Gasteiger partial charge in [0, 0.05) is 11.1 Å². The van der Waals surface area contributed by atoms with Gasteiger partial charge >= 0.3 is 0 Å². The van der Waals surface area contributed by atoms with Gasteiger partial charge in [-0.1, -0.05) is 13.2 Å². The minimum Gasteiger partial charge on any atom is -0.493 e. The van der Waals surface area contributed by atoms with Crippen molar-refractivity contribution in [2.45, 2.75) is 0 Å². The van der Waals surface area contributed by atoms with Gasteiger partial charge in [-0.25, -0.2) is 0 Å². The van der Waals surface area contributed by atoms with Gasteiger partial charge in [-0.2, -0.15) is 0 Å². The summed E-state index contributed by atoms with van der Waals surface area (Å²) in [6.07, 6.45) is 0. The zero-order chi connectivity index (χ0) is 22.4. The molecule has 0 bridgehead atoms. The third kappa shape index (κ3) is 4.20. The number of allylic oxidation sites excluding steroid dienone is 2. The van der Waals surface area contributed by atoms with Gasteiger partial charge in [0.25, 0.3) is 0 Å². The first-order valence-corrected chi connectivity index (χ1v) is 8.89. The van der Waals surface area contributed by atoms with Gasteiger partial charge < -0.3 is 28.4 Å². The fourth-order valence-electron chi connectivity index (χ4n) is 2.95. The average molecular weight is 414 g/mol. The van der Waals surface area contributed by atoms with Crippen LogP contribution in [0.3, 0.4) is 0 Å². The first-order valence-electron chi connectivity index (χ1n) is 8.89. The van der Waals surface area contributed by atoms with Gasteiger partial charge in [0.2, 0.25) is 11.5 Å². The Morgan fingerprint density at radius 3 is 1.03 bits per heavy atom. The number of methoxy groups -OCH3 is 6. The Morgan fingerprint density at radius 1 is 0.567 bits per heavy atom. The van der Waals surface area contributed by atoms with E-state index in [0.29, 0.717) is 45.6 Å². The van der Waals surface area contributed by atoms with E-state index in [1.807, 2.05) is 0 Å². The second kappa shape index (κ2) is 9.73. The van der Waals surface area contributed by atoms with E-state index in [9.17, 15) is 4.79 Å². The molecule has 0 fully saturated rings. The number of carbonyl (C=O) groups excluding carboxylic acids is 1. The summed E-state index contributed by atoms with van der Waals surface area (Å²) < 4.78 is 32.1. The number of rotatable bonds is 10. The van der Waals surface area contributed by atoms with E-state index in [-0.39, 0.29) is 16.9 Å². The molecule has 0 radical (unpaired) electrons. The molecule has 0 N–H and O–H groups in total. The Labute approximate surface area is 176 Å². The quantitative estimate of drug-likeness (QED) is 0.544. The number of hydrogen-bond donors (Lipinski definition) is 0. The molecule has 0 amide bonds. The van der Waals surface area contributed by atoms with Crippen LogP contribution in [0.4, 0.5) is 0 Å². The van der Waals surface area contributed by atoms with Crippen LogP contribution in [-0.2, 0) is 4.79 Å². The molecule has 7 nitrogen and oxygen atoms in total. The number of ether oxygens (including phenoxy) is 6. The summed E-state index contributed by atoms with van der Waals surface area (Å²) >= 11 is 0. The molecule has 2 aromatic rings. The standard InChI is InChI=1S/C23H26O7/c1-13(15-9-17(25-3)22(29-7)18(10-15)26-4)21(24)14(2)16-11-19(27-5)23(30-8)20(12-16)28-6/h9-12H,1-2H2,3-8H3. The third-order valence-corrected chi connectivity index (χ3v) is 4.57. The average Bonchev–Trinajstić information content (AvgIpc) is 2.80. The molecule has 0 aliphatic carbocycles. The van der Waals surface area contributed by atoms with Crippen LogP contribution in [0.2, 0.25) is 0 Å². The first-order chi connectivity index (χ1) is 14.4. The van der Waals surface area contributed by atoms with E-state index in [2.05, 4.69) is 13.2 Å². The van der Waals surface area contributed by atoms with Crippen molar-refractivity contribution >= 4 is 16.9 Å². The number of benzene rings is 2. The van der Waals surface area contributed by atoms with Gasteiger partial charge in [-0.05, 0) is 35.4 Å². The highest BCUT2D eigenvalue weighted by molar-refractivity contribution is 6.41. The highest BCUT2D eigenvalue weighted by Crippen LogP contribution is 2.42. The van der Waals surface area contributed by atoms with Crippen LogP contribution in [0.15, 0.2) is 37.4 Å². The highest BCUT2D eigenvalue weighted by atomic mass is 16.5. The summed E-state index contributed by atoms with van der Waals surface area (Å²) in [6, 6.07) is 6.63. The lowest BCUT2D eigenvalue weighted by atomic mass is 9.94. The summed E-state index contributed by atoms with van der Waals surface area (Å²) in [5.41, 5.74) is 1.46. The SMILES string of the molecule is C=C(C(=O)C(=C)c1cc(OC)c(OC)c(OC)c1)c1cc(OC)c(OC)c(OC)c1. The van der Waals surface area contributed by atoms with Crippen LogP contribution in [0.5, 0.6) is 34.5 Å². The number of Topliss-reactive ketones (excluding diaryl/α,β-unsaturated/α-hetero) is 1. The lowest BCUT2D eigenvalue weighted by molar-refractivity contribution is -0.108. The second-order valence-electron chi connectivity index (χ2n) is 6.11. The summed E-state index contributed by atoms with van der Waals surface area (Å²) in [5.74, 6) is 2.15. The maximum atomic E-state index is 13.1. The molecule has 0 atom stereocenters. The van der Waals surface area contributed by atoms with E-state index in [1.54, 1.807) is 24.3 Å². The van der Waals surface area contributed by atoms with Crippen molar-refractivity contribution in [2.24, 2.45) is 0 Å². The number of hydrogen-bond acceptors (Lipinski definition) is 7. The van der Waals surface area contributed by atoms with Crippen molar-refractivity contribution in [3.8, 4) is 34.5 Å². The molecule has 0 aliphatic rings. The van der Waals surface area contributed by atoms with Crippen molar-refractivity contribution in [2.75, 3.05) is 42.7 Å². The molecule has 0 spiro atoms. The van der Waals surface area contributed by atoms with Gasteiger partial charge in [0.15, 0.2) is 28.8 Å². The van der Waals surface area contributed by atoms with Crippen molar-refractivity contribution in [3.63, 3.8) is 0 Å². The van der Waals surface area contributed by atoms with Crippen LogP contribution in [0.1, 0.15) is 11.1 Å². The maximum Gasteiger partial charge on any atom is 0.203 e. The fraction of sp³-hybridized carbons (Fsp3) is 0.261.